The zero-order valence-electron chi connectivity index (χ0n) is 7.43. The third-order valence-electron chi connectivity index (χ3n) is 1.85. The van der Waals surface area contributed by atoms with E-state index in [2.05, 4.69) is 20.7 Å². The molecule has 2 N–H and O–H groups in total. The van der Waals surface area contributed by atoms with Crippen molar-refractivity contribution in [2.75, 3.05) is 12.8 Å². The molecule has 1 aromatic carbocycles. The summed E-state index contributed by atoms with van der Waals surface area (Å²) in [6.45, 7) is 1.78. The van der Waals surface area contributed by atoms with E-state index in [-0.39, 0.29) is 5.97 Å². The van der Waals surface area contributed by atoms with Crippen molar-refractivity contribution in [3.63, 3.8) is 0 Å². The number of ether oxygens (including phenoxy) is 1. The molecule has 0 aliphatic carbocycles. The lowest BCUT2D eigenvalue weighted by molar-refractivity contribution is 0.0599. The van der Waals surface area contributed by atoms with Crippen molar-refractivity contribution in [1.29, 1.82) is 0 Å². The maximum atomic E-state index is 11.3. The Kier molecular flexibility index (Phi) is 2.93. The molecule has 0 saturated heterocycles. The van der Waals surface area contributed by atoms with Crippen molar-refractivity contribution in [3.05, 3.63) is 27.7 Å². The van der Waals surface area contributed by atoms with Gasteiger partial charge in [0.25, 0.3) is 0 Å². The molecule has 0 amide bonds. The van der Waals surface area contributed by atoms with Gasteiger partial charge in [-0.1, -0.05) is 0 Å². The van der Waals surface area contributed by atoms with Gasteiger partial charge in [-0.25, -0.2) is 4.79 Å². The topological polar surface area (TPSA) is 52.3 Å². The van der Waals surface area contributed by atoms with Crippen molar-refractivity contribution in [1.82, 2.24) is 0 Å². The molecule has 0 unspecified atom stereocenters. The summed E-state index contributed by atoms with van der Waals surface area (Å²) >= 11 is 3.27. The van der Waals surface area contributed by atoms with Gasteiger partial charge >= 0.3 is 5.97 Å². The van der Waals surface area contributed by atoms with Crippen LogP contribution in [0.4, 0.5) is 5.69 Å². The maximum absolute atomic E-state index is 11.3. The van der Waals surface area contributed by atoms with E-state index in [1.165, 1.54) is 7.11 Å². The van der Waals surface area contributed by atoms with E-state index >= 15 is 0 Å². The van der Waals surface area contributed by atoms with Crippen LogP contribution in [0.5, 0.6) is 0 Å². The third-order valence-corrected chi connectivity index (χ3v) is 2.51. The molecule has 4 heteroatoms. The van der Waals surface area contributed by atoms with Gasteiger partial charge in [-0.05, 0) is 40.5 Å². The second kappa shape index (κ2) is 3.79. The Morgan fingerprint density at radius 2 is 2.15 bits per heavy atom. The van der Waals surface area contributed by atoms with Crippen LogP contribution in [0.25, 0.3) is 0 Å². The fourth-order valence-corrected chi connectivity index (χ4v) is 1.64. The smallest absolute Gasteiger partial charge is 0.339 e. The van der Waals surface area contributed by atoms with Crippen molar-refractivity contribution in [2.24, 2.45) is 0 Å². The normalized spacial score (nSPS) is 9.77. The monoisotopic (exact) mass is 243 g/mol. The predicted molar refractivity (Wildman–Crippen MR) is 54.6 cm³/mol. The molecule has 0 heterocycles. The number of nitrogens with two attached hydrogens (primary N) is 1. The van der Waals surface area contributed by atoms with Crippen LogP contribution < -0.4 is 5.73 Å². The Morgan fingerprint density at radius 1 is 1.54 bits per heavy atom. The fourth-order valence-electron chi connectivity index (χ4n) is 1.05. The lowest BCUT2D eigenvalue weighted by Gasteiger charge is -2.08. The van der Waals surface area contributed by atoms with E-state index in [1.54, 1.807) is 19.1 Å². The summed E-state index contributed by atoms with van der Waals surface area (Å²) in [5.74, 6) is -0.378. The van der Waals surface area contributed by atoms with Gasteiger partial charge in [0.2, 0.25) is 0 Å². The molecule has 70 valence electrons. The summed E-state index contributed by atoms with van der Waals surface area (Å²) in [4.78, 5) is 11.3. The number of hydrogen-bond donors (Lipinski definition) is 1. The van der Waals surface area contributed by atoms with Gasteiger partial charge < -0.3 is 10.5 Å². The van der Waals surface area contributed by atoms with Gasteiger partial charge in [-0.15, -0.1) is 0 Å². The largest absolute Gasteiger partial charge is 0.465 e. The van der Waals surface area contributed by atoms with Crippen molar-refractivity contribution in [3.8, 4) is 0 Å². The van der Waals surface area contributed by atoms with Gasteiger partial charge in [-0.2, -0.15) is 0 Å². The second-order valence-corrected chi connectivity index (χ2v) is 3.48. The molecule has 0 bridgehead atoms. The lowest BCUT2D eigenvalue weighted by Crippen LogP contribution is -2.06. The van der Waals surface area contributed by atoms with E-state index in [0.717, 1.165) is 5.56 Å². The first-order valence-corrected chi connectivity index (χ1v) is 4.50. The van der Waals surface area contributed by atoms with E-state index in [4.69, 9.17) is 5.73 Å². The molecule has 1 rings (SSSR count). The van der Waals surface area contributed by atoms with Gasteiger partial charge in [0.05, 0.1) is 12.7 Å². The number of methoxy groups -OCH3 is 1. The maximum Gasteiger partial charge on any atom is 0.339 e. The van der Waals surface area contributed by atoms with Gasteiger partial charge in [0, 0.05) is 10.2 Å². The van der Waals surface area contributed by atoms with Crippen LogP contribution in [0.1, 0.15) is 15.9 Å². The van der Waals surface area contributed by atoms with E-state index in [9.17, 15) is 4.79 Å². The van der Waals surface area contributed by atoms with Crippen molar-refractivity contribution < 1.29 is 9.53 Å². The highest BCUT2D eigenvalue weighted by molar-refractivity contribution is 9.10. The second-order valence-electron chi connectivity index (χ2n) is 2.63. The van der Waals surface area contributed by atoms with Gasteiger partial charge in [0.15, 0.2) is 0 Å². The number of carbonyl (C=O) groups is 1. The van der Waals surface area contributed by atoms with Crippen LogP contribution in [-0.4, -0.2) is 13.1 Å². The summed E-state index contributed by atoms with van der Waals surface area (Å²) in [6.07, 6.45) is 0. The Bertz CT molecular complexity index is 350. The standard InChI is InChI=1S/C9H10BrNO2/c1-5-7(11)4-3-6(10)8(5)9(12)13-2/h3-4H,11H2,1-2H3. The molecular weight excluding hydrogens is 234 g/mol. The Labute approximate surface area is 85.0 Å². The molecule has 1 aromatic rings. The van der Waals surface area contributed by atoms with E-state index in [1.807, 2.05) is 0 Å². The molecular formula is C9H10BrNO2. The first-order chi connectivity index (χ1) is 6.07. The molecule has 0 spiro atoms. The molecule has 0 aromatic heterocycles. The fraction of sp³-hybridized carbons (Fsp3) is 0.222. The molecule has 0 saturated carbocycles. The summed E-state index contributed by atoms with van der Waals surface area (Å²) in [5.41, 5.74) is 7.47. The predicted octanol–water partition coefficient (Wildman–Crippen LogP) is 2.13. The third kappa shape index (κ3) is 1.83. The van der Waals surface area contributed by atoms with Crippen LogP contribution >= 0.6 is 15.9 Å². The Balaban J connectivity index is 3.33. The molecule has 0 aliphatic heterocycles. The lowest BCUT2D eigenvalue weighted by atomic mass is 10.1. The number of nitrogen functional groups attached to an aromatic ring is 1. The Hall–Kier alpha value is -1.03. The SMILES string of the molecule is COC(=O)c1c(Br)ccc(N)c1C. The molecule has 0 atom stereocenters. The Morgan fingerprint density at radius 3 is 2.69 bits per heavy atom. The van der Waals surface area contributed by atoms with Crippen LogP contribution in [0.15, 0.2) is 16.6 Å². The van der Waals surface area contributed by atoms with E-state index < -0.39 is 0 Å². The first-order valence-electron chi connectivity index (χ1n) is 3.70. The minimum absolute atomic E-state index is 0.378. The number of halogens is 1. The highest BCUT2D eigenvalue weighted by Crippen LogP contribution is 2.25. The summed E-state index contributed by atoms with van der Waals surface area (Å²) < 4.78 is 5.33. The molecule has 0 aliphatic rings. The molecule has 0 radical (unpaired) electrons. The minimum atomic E-state index is -0.378. The van der Waals surface area contributed by atoms with Gasteiger partial charge in [-0.3, -0.25) is 0 Å². The van der Waals surface area contributed by atoms with Crippen molar-refractivity contribution >= 4 is 27.6 Å². The number of benzene rings is 1. The molecule has 0 fully saturated rings. The van der Waals surface area contributed by atoms with Crippen LogP contribution in [0.2, 0.25) is 0 Å². The number of rotatable bonds is 1. The molecule has 13 heavy (non-hydrogen) atoms. The average molecular weight is 244 g/mol. The number of anilines is 1. The van der Waals surface area contributed by atoms with Crippen LogP contribution in [0, 0.1) is 6.92 Å². The quantitative estimate of drug-likeness (QED) is 0.608. The summed E-state index contributed by atoms with van der Waals surface area (Å²) in [7, 11) is 1.34. The van der Waals surface area contributed by atoms with Crippen molar-refractivity contribution in [2.45, 2.75) is 6.92 Å². The number of hydrogen-bond acceptors (Lipinski definition) is 3. The number of carbonyl (C=O) groups excluding carboxylic acids is 1. The first kappa shape index (κ1) is 10.1. The average Bonchev–Trinajstić information content (AvgIpc) is 2.12. The summed E-state index contributed by atoms with van der Waals surface area (Å²) in [5, 5.41) is 0. The highest BCUT2D eigenvalue weighted by Gasteiger charge is 2.14. The van der Waals surface area contributed by atoms with Crippen LogP contribution in [0.3, 0.4) is 0 Å². The van der Waals surface area contributed by atoms with Gasteiger partial charge in [0.1, 0.15) is 0 Å². The zero-order chi connectivity index (χ0) is 10.0. The van der Waals surface area contributed by atoms with Crippen LogP contribution in [-0.2, 0) is 4.74 Å². The number of esters is 1. The molecule has 3 nitrogen and oxygen atoms in total. The minimum Gasteiger partial charge on any atom is -0.465 e. The zero-order valence-corrected chi connectivity index (χ0v) is 9.01. The van der Waals surface area contributed by atoms with E-state index in [0.29, 0.717) is 15.7 Å². The highest BCUT2D eigenvalue weighted by atomic mass is 79.9. The summed E-state index contributed by atoms with van der Waals surface area (Å²) in [6, 6.07) is 3.47.